The molecule has 6 nitrogen and oxygen atoms in total. The van der Waals surface area contributed by atoms with E-state index in [0.717, 1.165) is 15.8 Å². The highest BCUT2D eigenvalue weighted by Crippen LogP contribution is 2.42. The highest BCUT2D eigenvalue weighted by Gasteiger charge is 2.39. The Bertz CT molecular complexity index is 1140. The van der Waals surface area contributed by atoms with Crippen molar-refractivity contribution in [1.29, 1.82) is 0 Å². The van der Waals surface area contributed by atoms with Gasteiger partial charge in [-0.2, -0.15) is 0 Å². The molecule has 1 aliphatic carbocycles. The lowest BCUT2D eigenvalue weighted by molar-refractivity contribution is -0.138. The summed E-state index contributed by atoms with van der Waals surface area (Å²) in [5.74, 6) is -1.37. The van der Waals surface area contributed by atoms with Crippen LogP contribution in [0.25, 0.3) is 10.2 Å². The molecule has 4 rings (SSSR count). The maximum atomic E-state index is 13.1. The number of nitrogens with one attached hydrogen (secondary N) is 2. The second-order valence-electron chi connectivity index (χ2n) is 7.96. The summed E-state index contributed by atoms with van der Waals surface area (Å²) in [6, 6.07) is 9.54. The van der Waals surface area contributed by atoms with E-state index in [4.69, 9.17) is 27.9 Å². The highest BCUT2D eigenvalue weighted by molar-refractivity contribution is 7.23. The van der Waals surface area contributed by atoms with Gasteiger partial charge in [0.2, 0.25) is 0 Å². The molecular weight excluding hydrogens is 471 g/mol. The molecule has 3 N–H and O–H groups in total. The smallest absolute Gasteiger partial charge is 0.303 e. The number of carboxylic acids is 1. The predicted octanol–water partition coefficient (Wildman–Crippen LogP) is 5.49. The Morgan fingerprint density at radius 3 is 2.84 bits per heavy atom. The third-order valence-corrected chi connectivity index (χ3v) is 7.94. The van der Waals surface area contributed by atoms with Crippen LogP contribution in [0.3, 0.4) is 0 Å². The molecule has 0 bridgehead atoms. The van der Waals surface area contributed by atoms with Gasteiger partial charge in [0.1, 0.15) is 10.0 Å². The first-order valence-corrected chi connectivity index (χ1v) is 12.1. The van der Waals surface area contributed by atoms with Crippen molar-refractivity contribution in [3.05, 3.63) is 56.5 Å². The van der Waals surface area contributed by atoms with E-state index in [0.29, 0.717) is 46.6 Å². The molecule has 0 aliphatic heterocycles. The molecule has 2 unspecified atom stereocenters. The third-order valence-electron chi connectivity index (χ3n) is 6.00. The highest BCUT2D eigenvalue weighted by atomic mass is 35.5. The van der Waals surface area contributed by atoms with Gasteiger partial charge in [-0.15, -0.1) is 11.3 Å². The van der Waals surface area contributed by atoms with Crippen LogP contribution >= 0.6 is 34.5 Å². The van der Waals surface area contributed by atoms with Crippen molar-refractivity contribution in [2.24, 2.45) is 5.92 Å². The number of hydrogen-bond acceptors (Lipinski definition) is 4. The summed E-state index contributed by atoms with van der Waals surface area (Å²) in [6.45, 7) is 2.98. The number of H-pyrrole nitrogens is 1. The Balaban J connectivity index is 1.60. The molecule has 170 valence electrons. The van der Waals surface area contributed by atoms with Gasteiger partial charge in [0, 0.05) is 31.6 Å². The number of aliphatic carboxylic acids is 1. The summed E-state index contributed by atoms with van der Waals surface area (Å²) in [5.41, 5.74) is 3.29. The minimum Gasteiger partial charge on any atom is -0.481 e. The van der Waals surface area contributed by atoms with Gasteiger partial charge in [-0.3, -0.25) is 9.59 Å². The quantitative estimate of drug-likeness (QED) is 0.342. The van der Waals surface area contributed by atoms with Gasteiger partial charge in [-0.25, -0.2) is 0 Å². The second-order valence-corrected chi connectivity index (χ2v) is 10.00. The molecule has 0 saturated carbocycles. The average molecular weight is 495 g/mol. The van der Waals surface area contributed by atoms with Gasteiger partial charge in [0.25, 0.3) is 5.91 Å². The molecule has 1 aromatic carbocycles. The van der Waals surface area contributed by atoms with Crippen molar-refractivity contribution in [3.63, 3.8) is 0 Å². The van der Waals surface area contributed by atoms with E-state index in [9.17, 15) is 14.7 Å². The molecular formula is C23H24Cl2N2O4S. The topological polar surface area (TPSA) is 91.4 Å². The fraction of sp³-hybridized carbons (Fsp3) is 0.391. The zero-order chi connectivity index (χ0) is 22.8. The molecule has 0 saturated heterocycles. The van der Waals surface area contributed by atoms with E-state index < -0.39 is 5.97 Å². The predicted molar refractivity (Wildman–Crippen MR) is 127 cm³/mol. The number of aromatic nitrogens is 1. The number of carbonyl (C=O) groups excluding carboxylic acids is 1. The van der Waals surface area contributed by atoms with Crippen LogP contribution in [0.4, 0.5) is 0 Å². The van der Waals surface area contributed by atoms with Crippen LogP contribution in [-0.2, 0) is 16.0 Å². The van der Waals surface area contributed by atoms with Crippen molar-refractivity contribution < 1.29 is 19.4 Å². The minimum atomic E-state index is -0.850. The molecule has 1 aliphatic rings. The van der Waals surface area contributed by atoms with Crippen LogP contribution in [0, 0.1) is 5.92 Å². The molecule has 0 spiro atoms. The molecule has 0 radical (unpaired) electrons. The maximum Gasteiger partial charge on any atom is 0.303 e. The van der Waals surface area contributed by atoms with Gasteiger partial charge in [0.15, 0.2) is 0 Å². The van der Waals surface area contributed by atoms with Gasteiger partial charge in [0.05, 0.1) is 15.2 Å². The van der Waals surface area contributed by atoms with E-state index in [-0.39, 0.29) is 30.2 Å². The number of amides is 1. The minimum absolute atomic E-state index is 0.0186. The first-order chi connectivity index (χ1) is 15.4. The fourth-order valence-electron chi connectivity index (χ4n) is 4.65. The largest absolute Gasteiger partial charge is 0.481 e. The number of carboxylic acid groups (broad SMARTS) is 1. The monoisotopic (exact) mass is 494 g/mol. The Morgan fingerprint density at radius 2 is 2.12 bits per heavy atom. The van der Waals surface area contributed by atoms with Crippen molar-refractivity contribution in [3.8, 4) is 0 Å². The summed E-state index contributed by atoms with van der Waals surface area (Å²) >= 11 is 13.6. The zero-order valence-corrected chi connectivity index (χ0v) is 19.8. The van der Waals surface area contributed by atoms with E-state index in [1.54, 1.807) is 6.07 Å². The number of benzene rings is 1. The standard InChI is InChI=1S/C23H24Cl2N2O4S/c1-2-31-8-7-13(10-18(28)29)19-14-6-4-3-5-12(14)9-15(19)27-23(30)16-11-17-21(26-16)20(24)22(25)32-17/h3-6,11,13,15,19,26H,2,7-10H2,1H3,(H,27,30)(H,28,29)/t13?,15?,19-/m1/s1. The number of hydrogen-bond donors (Lipinski definition) is 3. The first kappa shape index (κ1) is 23.1. The Hall–Kier alpha value is -2.06. The van der Waals surface area contributed by atoms with Crippen LogP contribution in [-0.4, -0.2) is 41.2 Å². The lowest BCUT2D eigenvalue weighted by Crippen LogP contribution is -2.41. The van der Waals surface area contributed by atoms with E-state index >= 15 is 0 Å². The zero-order valence-electron chi connectivity index (χ0n) is 17.5. The van der Waals surface area contributed by atoms with Crippen LogP contribution in [0.15, 0.2) is 30.3 Å². The average Bonchev–Trinajstić information content (AvgIpc) is 3.40. The van der Waals surface area contributed by atoms with Crippen LogP contribution in [0.5, 0.6) is 0 Å². The molecule has 0 fully saturated rings. The van der Waals surface area contributed by atoms with Crippen LogP contribution in [0.1, 0.15) is 47.3 Å². The van der Waals surface area contributed by atoms with E-state index in [1.807, 2.05) is 31.2 Å². The lowest BCUT2D eigenvalue weighted by Gasteiger charge is -2.29. The Kier molecular flexibility index (Phi) is 7.10. The van der Waals surface area contributed by atoms with Crippen molar-refractivity contribution in [1.82, 2.24) is 10.3 Å². The molecule has 3 aromatic rings. The van der Waals surface area contributed by atoms with Crippen molar-refractivity contribution in [2.45, 2.75) is 38.1 Å². The molecule has 1 amide bonds. The SMILES string of the molecule is CCOCCC(CC(=O)O)[C@@H]1c2ccccc2CC1NC(=O)c1cc2sc(Cl)c(Cl)c2[nH]1. The normalized spacial score (nSPS) is 18.6. The number of thiophene rings is 1. The molecule has 2 heterocycles. The van der Waals surface area contributed by atoms with Crippen LogP contribution in [0.2, 0.25) is 9.36 Å². The summed E-state index contributed by atoms with van der Waals surface area (Å²) in [4.78, 5) is 27.8. The maximum absolute atomic E-state index is 13.1. The first-order valence-electron chi connectivity index (χ1n) is 10.5. The van der Waals surface area contributed by atoms with Crippen molar-refractivity contribution in [2.75, 3.05) is 13.2 Å². The second kappa shape index (κ2) is 9.83. The number of halogens is 2. The number of fused-ring (bicyclic) bond motifs is 2. The number of rotatable bonds is 9. The summed E-state index contributed by atoms with van der Waals surface area (Å²) in [6.07, 6.45) is 1.28. The van der Waals surface area contributed by atoms with E-state index in [1.165, 1.54) is 11.3 Å². The van der Waals surface area contributed by atoms with Crippen molar-refractivity contribution >= 4 is 56.6 Å². The number of ether oxygens (including phenoxy) is 1. The Labute approximate surface area is 199 Å². The lowest BCUT2D eigenvalue weighted by atomic mass is 9.80. The summed E-state index contributed by atoms with van der Waals surface area (Å²) in [5, 5.41) is 13.1. The molecule has 2 aromatic heterocycles. The number of carbonyl (C=O) groups is 2. The summed E-state index contributed by atoms with van der Waals surface area (Å²) in [7, 11) is 0. The Morgan fingerprint density at radius 1 is 1.34 bits per heavy atom. The molecule has 3 atom stereocenters. The van der Waals surface area contributed by atoms with Gasteiger partial charge in [-0.1, -0.05) is 47.5 Å². The van der Waals surface area contributed by atoms with Gasteiger partial charge < -0.3 is 20.1 Å². The third kappa shape index (κ3) is 4.66. The molecule has 9 heteroatoms. The molecule has 32 heavy (non-hydrogen) atoms. The van der Waals surface area contributed by atoms with Gasteiger partial charge >= 0.3 is 5.97 Å². The van der Waals surface area contributed by atoms with Gasteiger partial charge in [-0.05, 0) is 42.9 Å². The van der Waals surface area contributed by atoms with Crippen LogP contribution < -0.4 is 5.32 Å². The number of aromatic amines is 1. The van der Waals surface area contributed by atoms with E-state index in [2.05, 4.69) is 10.3 Å². The summed E-state index contributed by atoms with van der Waals surface area (Å²) < 4.78 is 6.82. The fourth-order valence-corrected chi connectivity index (χ4v) is 6.13.